The number of aromatic nitrogens is 2. The molecule has 0 unspecified atom stereocenters. The largest absolute Gasteiger partial charge is 0.475 e. The summed E-state index contributed by atoms with van der Waals surface area (Å²) in [6.07, 6.45) is 5.06. The Morgan fingerprint density at radius 2 is 2.11 bits per heavy atom. The predicted octanol–water partition coefficient (Wildman–Crippen LogP) is 2.88. The maximum atomic E-state index is 14.9. The zero-order chi connectivity index (χ0) is 20.0. The Hall–Kier alpha value is -2.32. The van der Waals surface area contributed by atoms with Crippen LogP contribution in [-0.2, 0) is 0 Å². The highest BCUT2D eigenvalue weighted by atomic mass is 35.5. The molecule has 1 aliphatic heterocycles. The van der Waals surface area contributed by atoms with Gasteiger partial charge >= 0.3 is 0 Å². The fourth-order valence-corrected chi connectivity index (χ4v) is 3.18. The average Bonchev–Trinajstić information content (AvgIpc) is 2.71. The van der Waals surface area contributed by atoms with Crippen LogP contribution in [0.1, 0.15) is 23.2 Å². The van der Waals surface area contributed by atoms with Crippen molar-refractivity contribution < 1.29 is 18.3 Å². The summed E-state index contributed by atoms with van der Waals surface area (Å²) in [5, 5.41) is 2.94. The van der Waals surface area contributed by atoms with Crippen molar-refractivity contribution in [2.24, 2.45) is 0 Å². The number of benzene rings is 1. The highest BCUT2D eigenvalue weighted by molar-refractivity contribution is 6.31. The molecule has 0 aliphatic carbocycles. The molecule has 2 aromatic rings. The molecule has 6 nitrogen and oxygen atoms in total. The zero-order valence-electron chi connectivity index (χ0n) is 15.2. The molecule has 0 radical (unpaired) electrons. The van der Waals surface area contributed by atoms with Gasteiger partial charge < -0.3 is 15.0 Å². The molecule has 1 aliphatic rings. The fraction of sp³-hybridized carbons (Fsp3) is 0.421. The van der Waals surface area contributed by atoms with Crippen LogP contribution in [0.2, 0.25) is 5.02 Å². The molecule has 1 fully saturated rings. The molecule has 1 aromatic heterocycles. The van der Waals surface area contributed by atoms with Gasteiger partial charge in [-0.15, -0.1) is 0 Å². The Labute approximate surface area is 166 Å². The average molecular weight is 411 g/mol. The molecule has 0 spiro atoms. The van der Waals surface area contributed by atoms with Gasteiger partial charge in [-0.05, 0) is 18.2 Å². The summed E-state index contributed by atoms with van der Waals surface area (Å²) in [4.78, 5) is 21.9. The van der Waals surface area contributed by atoms with E-state index in [4.69, 9.17) is 16.3 Å². The second kappa shape index (κ2) is 9.25. The number of piperidine rings is 1. The van der Waals surface area contributed by atoms with E-state index in [0.717, 1.165) is 6.07 Å². The molecular formula is C19H21ClF2N4O2. The van der Waals surface area contributed by atoms with E-state index in [1.165, 1.54) is 24.5 Å². The van der Waals surface area contributed by atoms with E-state index < -0.39 is 11.5 Å². The van der Waals surface area contributed by atoms with Crippen molar-refractivity contribution in [3.63, 3.8) is 0 Å². The van der Waals surface area contributed by atoms with E-state index in [-0.39, 0.29) is 30.3 Å². The summed E-state index contributed by atoms with van der Waals surface area (Å²) < 4.78 is 33.6. The van der Waals surface area contributed by atoms with Crippen LogP contribution in [0.25, 0.3) is 0 Å². The SMILES string of the molecule is O=C(c1ccc(F)c(Cl)c1)N1CCC(F)(CNCCOc2cnccn2)CC1. The number of amides is 1. The highest BCUT2D eigenvalue weighted by Crippen LogP contribution is 2.27. The lowest BCUT2D eigenvalue weighted by atomic mass is 9.93. The monoisotopic (exact) mass is 410 g/mol. The minimum Gasteiger partial charge on any atom is -0.475 e. The van der Waals surface area contributed by atoms with Gasteiger partial charge in [-0.25, -0.2) is 13.8 Å². The van der Waals surface area contributed by atoms with Crippen molar-refractivity contribution in [1.82, 2.24) is 20.2 Å². The summed E-state index contributed by atoms with van der Waals surface area (Å²) in [6, 6.07) is 3.85. The van der Waals surface area contributed by atoms with E-state index in [0.29, 0.717) is 37.7 Å². The number of hydrogen-bond acceptors (Lipinski definition) is 5. The Bertz CT molecular complexity index is 802. The van der Waals surface area contributed by atoms with E-state index in [1.54, 1.807) is 11.1 Å². The quantitative estimate of drug-likeness (QED) is 0.711. The van der Waals surface area contributed by atoms with Crippen LogP contribution in [0, 0.1) is 5.82 Å². The van der Waals surface area contributed by atoms with E-state index in [9.17, 15) is 13.6 Å². The van der Waals surface area contributed by atoms with Crippen LogP contribution in [0.15, 0.2) is 36.8 Å². The van der Waals surface area contributed by atoms with Crippen LogP contribution < -0.4 is 10.1 Å². The van der Waals surface area contributed by atoms with Crippen molar-refractivity contribution in [2.45, 2.75) is 18.5 Å². The number of rotatable bonds is 7. The molecule has 0 bridgehead atoms. The van der Waals surface area contributed by atoms with Gasteiger partial charge in [-0.2, -0.15) is 0 Å². The molecule has 3 rings (SSSR count). The fourth-order valence-electron chi connectivity index (χ4n) is 3.00. The number of halogens is 3. The van der Waals surface area contributed by atoms with Gasteiger partial charge in [0.25, 0.3) is 5.91 Å². The predicted molar refractivity (Wildman–Crippen MR) is 101 cm³/mol. The summed E-state index contributed by atoms with van der Waals surface area (Å²) >= 11 is 5.73. The van der Waals surface area contributed by atoms with E-state index in [2.05, 4.69) is 15.3 Å². The van der Waals surface area contributed by atoms with Crippen molar-refractivity contribution in [3.8, 4) is 5.88 Å². The normalized spacial score (nSPS) is 16.0. The number of likely N-dealkylation sites (tertiary alicyclic amines) is 1. The Morgan fingerprint density at radius 3 is 2.79 bits per heavy atom. The number of nitrogens with one attached hydrogen (secondary N) is 1. The minimum atomic E-state index is -1.39. The molecule has 1 N–H and O–H groups in total. The molecule has 9 heteroatoms. The zero-order valence-corrected chi connectivity index (χ0v) is 16.0. The maximum absolute atomic E-state index is 14.9. The van der Waals surface area contributed by atoms with Gasteiger partial charge in [0.15, 0.2) is 0 Å². The number of ether oxygens (including phenoxy) is 1. The highest BCUT2D eigenvalue weighted by Gasteiger charge is 2.35. The topological polar surface area (TPSA) is 67.4 Å². The molecule has 1 amide bonds. The first-order valence-electron chi connectivity index (χ1n) is 9.00. The summed E-state index contributed by atoms with van der Waals surface area (Å²) in [6.45, 7) is 1.59. The van der Waals surface area contributed by atoms with Gasteiger partial charge in [0.1, 0.15) is 18.1 Å². The van der Waals surface area contributed by atoms with Crippen molar-refractivity contribution in [2.75, 3.05) is 32.8 Å². The minimum absolute atomic E-state index is 0.101. The molecule has 28 heavy (non-hydrogen) atoms. The van der Waals surface area contributed by atoms with Crippen LogP contribution in [0.4, 0.5) is 8.78 Å². The van der Waals surface area contributed by atoms with E-state index >= 15 is 0 Å². The number of carbonyl (C=O) groups is 1. The number of hydrogen-bond donors (Lipinski definition) is 1. The molecule has 2 heterocycles. The van der Waals surface area contributed by atoms with Crippen LogP contribution in [0.5, 0.6) is 5.88 Å². The van der Waals surface area contributed by atoms with Crippen molar-refractivity contribution in [3.05, 3.63) is 53.2 Å². The molecule has 1 saturated heterocycles. The number of nitrogens with zero attached hydrogens (tertiary/aromatic N) is 3. The van der Waals surface area contributed by atoms with Crippen molar-refractivity contribution >= 4 is 17.5 Å². The molecular weight excluding hydrogens is 390 g/mol. The smallest absolute Gasteiger partial charge is 0.253 e. The lowest BCUT2D eigenvalue weighted by molar-refractivity contribution is 0.0433. The first kappa shape index (κ1) is 20.4. The van der Waals surface area contributed by atoms with Crippen LogP contribution in [-0.4, -0.2) is 59.2 Å². The van der Waals surface area contributed by atoms with E-state index in [1.807, 2.05) is 0 Å². The lowest BCUT2D eigenvalue weighted by Gasteiger charge is -2.36. The second-order valence-corrected chi connectivity index (χ2v) is 7.05. The van der Waals surface area contributed by atoms with Gasteiger partial charge in [-0.3, -0.25) is 9.78 Å². The molecule has 0 saturated carbocycles. The van der Waals surface area contributed by atoms with Gasteiger partial charge in [0.2, 0.25) is 5.88 Å². The van der Waals surface area contributed by atoms with Gasteiger partial charge in [-0.1, -0.05) is 11.6 Å². The Morgan fingerprint density at radius 1 is 1.32 bits per heavy atom. The first-order valence-corrected chi connectivity index (χ1v) is 9.37. The maximum Gasteiger partial charge on any atom is 0.253 e. The third-order valence-electron chi connectivity index (χ3n) is 4.62. The summed E-state index contributed by atoms with van der Waals surface area (Å²) in [7, 11) is 0. The van der Waals surface area contributed by atoms with Gasteiger partial charge in [0.05, 0.1) is 11.2 Å². The van der Waals surface area contributed by atoms with Gasteiger partial charge in [0, 0.05) is 57.0 Å². The third kappa shape index (κ3) is 5.36. The second-order valence-electron chi connectivity index (χ2n) is 6.64. The number of carbonyl (C=O) groups excluding carboxylic acids is 1. The standard InChI is InChI=1S/C19H21ClF2N4O2/c20-15-11-14(1-2-16(15)21)18(27)26-8-3-19(22,4-9-26)13-24-7-10-28-17-12-23-5-6-25-17/h1-2,5-6,11-12,24H,3-4,7-10,13H2. The van der Waals surface area contributed by atoms with Crippen molar-refractivity contribution in [1.29, 1.82) is 0 Å². The summed E-state index contributed by atoms with van der Waals surface area (Å²) in [5.41, 5.74) is -1.08. The molecule has 150 valence electrons. The Balaban J connectivity index is 1.40. The molecule has 0 atom stereocenters. The van der Waals surface area contributed by atoms with Crippen LogP contribution >= 0.6 is 11.6 Å². The molecule has 1 aromatic carbocycles. The third-order valence-corrected chi connectivity index (χ3v) is 4.91. The van der Waals surface area contributed by atoms with Crippen LogP contribution in [0.3, 0.4) is 0 Å². The number of alkyl halides is 1. The summed E-state index contributed by atoms with van der Waals surface area (Å²) in [5.74, 6) is -0.421. The lowest BCUT2D eigenvalue weighted by Crippen LogP contribution is -2.49. The first-order chi connectivity index (χ1) is 13.5. The Kier molecular flexibility index (Phi) is 6.74.